The second-order valence-electron chi connectivity index (χ2n) is 4.21. The predicted octanol–water partition coefficient (Wildman–Crippen LogP) is 2.91. The van der Waals surface area contributed by atoms with Crippen molar-refractivity contribution in [1.82, 2.24) is 0 Å². The summed E-state index contributed by atoms with van der Waals surface area (Å²) in [4.78, 5) is 24.2. The lowest BCUT2D eigenvalue weighted by Gasteiger charge is -2.09. The molecular weight excluding hydrogens is 275 g/mol. The van der Waals surface area contributed by atoms with Crippen LogP contribution in [0.3, 0.4) is 0 Å². The minimum absolute atomic E-state index is 0.112. The summed E-state index contributed by atoms with van der Waals surface area (Å²) < 4.78 is 23.7. The first-order valence-electron chi connectivity index (χ1n) is 6.14. The summed E-state index contributed by atoms with van der Waals surface area (Å²) in [7, 11) is 2.88. The van der Waals surface area contributed by atoms with Crippen LogP contribution in [0.25, 0.3) is 0 Å². The number of methoxy groups -OCH3 is 2. The van der Waals surface area contributed by atoms with E-state index in [1.54, 1.807) is 0 Å². The average molecular weight is 288 g/mol. The highest BCUT2D eigenvalue weighted by molar-refractivity contribution is 6.49. The first-order chi connectivity index (χ1) is 10.1. The number of ketones is 2. The van der Waals surface area contributed by atoms with Crippen molar-refractivity contribution in [2.75, 3.05) is 14.2 Å². The van der Waals surface area contributed by atoms with E-state index in [4.69, 9.17) is 9.47 Å². The minimum Gasteiger partial charge on any atom is -0.493 e. The summed E-state index contributed by atoms with van der Waals surface area (Å²) in [5, 5.41) is 0. The minimum atomic E-state index is -0.902. The van der Waals surface area contributed by atoms with Crippen molar-refractivity contribution in [3.63, 3.8) is 0 Å². The van der Waals surface area contributed by atoms with Crippen molar-refractivity contribution in [3.8, 4) is 11.5 Å². The van der Waals surface area contributed by atoms with Crippen molar-refractivity contribution in [2.45, 2.75) is 0 Å². The van der Waals surface area contributed by atoms with Gasteiger partial charge in [0, 0.05) is 5.56 Å². The van der Waals surface area contributed by atoms with Gasteiger partial charge in [-0.1, -0.05) is 12.1 Å². The Morgan fingerprint density at radius 2 is 1.57 bits per heavy atom. The predicted molar refractivity (Wildman–Crippen MR) is 74.6 cm³/mol. The largest absolute Gasteiger partial charge is 0.493 e. The molecule has 108 valence electrons. The third kappa shape index (κ3) is 2.91. The average Bonchev–Trinajstić information content (AvgIpc) is 2.53. The topological polar surface area (TPSA) is 52.6 Å². The maximum atomic E-state index is 13.6. The summed E-state index contributed by atoms with van der Waals surface area (Å²) in [5.74, 6) is -1.67. The van der Waals surface area contributed by atoms with Gasteiger partial charge in [-0.05, 0) is 30.3 Å². The smallest absolute Gasteiger partial charge is 0.236 e. The monoisotopic (exact) mass is 288 g/mol. The van der Waals surface area contributed by atoms with Gasteiger partial charge in [-0.25, -0.2) is 4.39 Å². The highest BCUT2D eigenvalue weighted by atomic mass is 19.1. The van der Waals surface area contributed by atoms with Crippen molar-refractivity contribution < 1.29 is 23.5 Å². The van der Waals surface area contributed by atoms with E-state index in [2.05, 4.69) is 0 Å². The normalized spacial score (nSPS) is 10.0. The molecule has 0 fully saturated rings. The summed E-state index contributed by atoms with van der Waals surface area (Å²) in [6, 6.07) is 9.69. The lowest BCUT2D eigenvalue weighted by molar-refractivity contribution is 0.0814. The van der Waals surface area contributed by atoms with E-state index in [0.717, 1.165) is 6.07 Å². The third-order valence-corrected chi connectivity index (χ3v) is 2.97. The van der Waals surface area contributed by atoms with Gasteiger partial charge in [0.15, 0.2) is 11.5 Å². The summed E-state index contributed by atoms with van der Waals surface area (Å²) in [5.41, 5.74) is -0.141. The summed E-state index contributed by atoms with van der Waals surface area (Å²) >= 11 is 0. The molecule has 0 aliphatic carbocycles. The Kier molecular flexibility index (Phi) is 4.33. The van der Waals surface area contributed by atoms with Gasteiger partial charge in [0.25, 0.3) is 0 Å². The van der Waals surface area contributed by atoms with E-state index in [1.807, 2.05) is 0 Å². The van der Waals surface area contributed by atoms with Crippen LogP contribution in [0.4, 0.5) is 4.39 Å². The fraction of sp³-hybridized carbons (Fsp3) is 0.125. The van der Waals surface area contributed by atoms with Gasteiger partial charge >= 0.3 is 0 Å². The molecule has 2 aromatic rings. The molecule has 2 rings (SSSR count). The molecule has 0 saturated heterocycles. The number of Topliss-reactive ketones (excluding diaryl/α,β-unsaturated/α-hetero) is 2. The van der Waals surface area contributed by atoms with Crippen LogP contribution in [-0.2, 0) is 0 Å². The number of rotatable bonds is 5. The van der Waals surface area contributed by atoms with Crippen LogP contribution in [0.5, 0.6) is 11.5 Å². The van der Waals surface area contributed by atoms with E-state index >= 15 is 0 Å². The Labute approximate surface area is 121 Å². The van der Waals surface area contributed by atoms with Crippen LogP contribution in [-0.4, -0.2) is 25.8 Å². The Morgan fingerprint density at radius 1 is 0.905 bits per heavy atom. The molecule has 0 amide bonds. The van der Waals surface area contributed by atoms with Crippen LogP contribution in [0.1, 0.15) is 20.7 Å². The van der Waals surface area contributed by atoms with Crippen LogP contribution in [0, 0.1) is 5.82 Å². The zero-order valence-corrected chi connectivity index (χ0v) is 11.6. The van der Waals surface area contributed by atoms with Gasteiger partial charge in [0.2, 0.25) is 11.6 Å². The van der Waals surface area contributed by atoms with Crippen molar-refractivity contribution in [3.05, 3.63) is 59.4 Å². The number of hydrogen-bond acceptors (Lipinski definition) is 4. The summed E-state index contributed by atoms with van der Waals surface area (Å²) in [6.07, 6.45) is 0. The van der Waals surface area contributed by atoms with Gasteiger partial charge in [-0.3, -0.25) is 9.59 Å². The summed E-state index contributed by atoms with van der Waals surface area (Å²) in [6.45, 7) is 0. The van der Waals surface area contributed by atoms with Gasteiger partial charge in [0.05, 0.1) is 19.8 Å². The Morgan fingerprint density at radius 3 is 2.19 bits per heavy atom. The molecule has 0 atom stereocenters. The highest BCUT2D eigenvalue weighted by Crippen LogP contribution is 2.28. The maximum absolute atomic E-state index is 13.6. The lowest BCUT2D eigenvalue weighted by Crippen LogP contribution is -2.16. The Balaban J connectivity index is 2.36. The Bertz CT molecular complexity index is 694. The molecule has 0 saturated carbocycles. The van der Waals surface area contributed by atoms with E-state index in [1.165, 1.54) is 50.6 Å². The fourth-order valence-electron chi connectivity index (χ4n) is 1.88. The molecular formula is C16H13FO4. The van der Waals surface area contributed by atoms with Gasteiger partial charge in [0.1, 0.15) is 5.82 Å². The molecule has 0 heterocycles. The van der Waals surface area contributed by atoms with Crippen molar-refractivity contribution in [1.29, 1.82) is 0 Å². The number of carbonyl (C=O) groups is 2. The first kappa shape index (κ1) is 14.7. The number of halogens is 1. The van der Waals surface area contributed by atoms with Crippen LogP contribution < -0.4 is 9.47 Å². The second-order valence-corrected chi connectivity index (χ2v) is 4.21. The molecule has 4 nitrogen and oxygen atoms in total. The van der Waals surface area contributed by atoms with E-state index < -0.39 is 17.4 Å². The molecule has 5 heteroatoms. The molecule has 21 heavy (non-hydrogen) atoms. The second kappa shape index (κ2) is 6.17. The zero-order valence-electron chi connectivity index (χ0n) is 11.6. The van der Waals surface area contributed by atoms with Crippen molar-refractivity contribution in [2.24, 2.45) is 0 Å². The van der Waals surface area contributed by atoms with Crippen LogP contribution >= 0.6 is 0 Å². The molecule has 0 N–H and O–H groups in total. The van der Waals surface area contributed by atoms with Crippen molar-refractivity contribution >= 4 is 11.6 Å². The van der Waals surface area contributed by atoms with E-state index in [-0.39, 0.29) is 11.1 Å². The molecule has 0 bridgehead atoms. The van der Waals surface area contributed by atoms with Gasteiger partial charge < -0.3 is 9.47 Å². The van der Waals surface area contributed by atoms with Crippen LogP contribution in [0.15, 0.2) is 42.5 Å². The maximum Gasteiger partial charge on any atom is 0.236 e. The van der Waals surface area contributed by atoms with E-state index in [0.29, 0.717) is 11.5 Å². The first-order valence-corrected chi connectivity index (χ1v) is 6.14. The number of carbonyl (C=O) groups excluding carboxylic acids is 2. The third-order valence-electron chi connectivity index (χ3n) is 2.97. The molecule has 0 aliphatic heterocycles. The van der Waals surface area contributed by atoms with Gasteiger partial charge in [-0.15, -0.1) is 0 Å². The fourth-order valence-corrected chi connectivity index (χ4v) is 1.88. The highest BCUT2D eigenvalue weighted by Gasteiger charge is 2.22. The van der Waals surface area contributed by atoms with E-state index in [9.17, 15) is 14.0 Å². The zero-order chi connectivity index (χ0) is 15.4. The molecule has 0 unspecified atom stereocenters. The van der Waals surface area contributed by atoms with Crippen LogP contribution in [0.2, 0.25) is 0 Å². The lowest BCUT2D eigenvalue weighted by atomic mass is 10.0. The number of ether oxygens (including phenoxy) is 2. The standard InChI is InChI=1S/C16H13FO4/c1-20-13-8-7-10(9-14(13)21-2)15(18)16(19)11-5-3-4-6-12(11)17/h3-9H,1-2H3. The molecule has 0 radical (unpaired) electrons. The molecule has 0 aliphatic rings. The molecule has 0 spiro atoms. The quantitative estimate of drug-likeness (QED) is 0.627. The SMILES string of the molecule is COc1ccc(C(=O)C(=O)c2ccccc2F)cc1OC. The Hall–Kier alpha value is -2.69. The molecule has 0 aromatic heterocycles. The number of hydrogen-bond donors (Lipinski definition) is 0. The molecule has 2 aromatic carbocycles. The van der Waals surface area contributed by atoms with Gasteiger partial charge in [-0.2, -0.15) is 0 Å². The number of benzene rings is 2.